The normalized spacial score (nSPS) is 15.0. The number of hydrogen-bond donors (Lipinski definition) is 2. The molecule has 0 radical (unpaired) electrons. The highest BCUT2D eigenvalue weighted by molar-refractivity contribution is 5.81. The lowest BCUT2D eigenvalue weighted by Crippen LogP contribution is -2.45. The van der Waals surface area contributed by atoms with Crippen molar-refractivity contribution in [2.75, 3.05) is 0 Å². The van der Waals surface area contributed by atoms with E-state index in [9.17, 15) is 4.79 Å². The second-order valence-corrected chi connectivity index (χ2v) is 3.19. The van der Waals surface area contributed by atoms with Gasteiger partial charge in [-0.25, -0.2) is 0 Å². The van der Waals surface area contributed by atoms with Crippen molar-refractivity contribution < 1.29 is 4.79 Å². The topological polar surface area (TPSA) is 55.1 Å². The Kier molecular flexibility index (Phi) is 4.38. The number of amides is 1. The molecular formula is C9H16N2O. The minimum Gasteiger partial charge on any atom is -0.341 e. The van der Waals surface area contributed by atoms with Gasteiger partial charge in [-0.2, -0.15) is 0 Å². The summed E-state index contributed by atoms with van der Waals surface area (Å²) in [7, 11) is 0. The molecule has 0 aromatic heterocycles. The van der Waals surface area contributed by atoms with Gasteiger partial charge >= 0.3 is 0 Å². The molecule has 0 heterocycles. The molecule has 0 saturated heterocycles. The van der Waals surface area contributed by atoms with Gasteiger partial charge < -0.3 is 11.1 Å². The van der Waals surface area contributed by atoms with E-state index in [2.05, 4.69) is 11.2 Å². The van der Waals surface area contributed by atoms with E-state index in [1.165, 1.54) is 0 Å². The van der Waals surface area contributed by atoms with Crippen LogP contribution in [0, 0.1) is 18.3 Å². The number of carbonyl (C=O) groups excluding carboxylic acids is 1. The van der Waals surface area contributed by atoms with E-state index in [0.717, 1.165) is 0 Å². The third-order valence-corrected chi connectivity index (χ3v) is 1.56. The van der Waals surface area contributed by atoms with E-state index in [1.807, 2.05) is 13.8 Å². The minimum atomic E-state index is -0.500. The van der Waals surface area contributed by atoms with Crippen molar-refractivity contribution in [2.24, 2.45) is 11.7 Å². The van der Waals surface area contributed by atoms with Crippen molar-refractivity contribution in [1.82, 2.24) is 5.32 Å². The molecule has 0 fully saturated rings. The van der Waals surface area contributed by atoms with Crippen molar-refractivity contribution in [3.8, 4) is 12.3 Å². The van der Waals surface area contributed by atoms with Crippen LogP contribution in [0.1, 0.15) is 20.8 Å². The lowest BCUT2D eigenvalue weighted by Gasteiger charge is -2.17. The number of nitrogens with one attached hydrogen (secondary N) is 1. The van der Waals surface area contributed by atoms with E-state index in [4.69, 9.17) is 12.2 Å². The summed E-state index contributed by atoms with van der Waals surface area (Å²) < 4.78 is 0. The zero-order valence-electron chi connectivity index (χ0n) is 7.79. The molecule has 0 aromatic carbocycles. The van der Waals surface area contributed by atoms with Crippen LogP contribution in [0.15, 0.2) is 0 Å². The van der Waals surface area contributed by atoms with E-state index >= 15 is 0 Å². The number of hydrogen-bond acceptors (Lipinski definition) is 2. The smallest absolute Gasteiger partial charge is 0.237 e. The van der Waals surface area contributed by atoms with Crippen molar-refractivity contribution in [2.45, 2.75) is 32.9 Å². The molecule has 3 N–H and O–H groups in total. The summed E-state index contributed by atoms with van der Waals surface area (Å²) in [6.07, 6.45) is 5.22. The Labute approximate surface area is 73.7 Å². The van der Waals surface area contributed by atoms with Gasteiger partial charge in [-0.1, -0.05) is 19.8 Å². The molecule has 0 rings (SSSR count). The molecule has 12 heavy (non-hydrogen) atoms. The first-order chi connectivity index (χ1) is 5.49. The summed E-state index contributed by atoms with van der Waals surface area (Å²) in [5, 5.41) is 2.67. The van der Waals surface area contributed by atoms with Crippen LogP contribution < -0.4 is 11.1 Å². The zero-order chi connectivity index (χ0) is 9.72. The quantitative estimate of drug-likeness (QED) is 0.587. The number of rotatable bonds is 3. The molecule has 0 aromatic rings. The molecule has 0 aliphatic rings. The molecule has 0 spiro atoms. The minimum absolute atomic E-state index is 0.202. The van der Waals surface area contributed by atoms with Gasteiger partial charge in [-0.05, 0) is 12.8 Å². The monoisotopic (exact) mass is 168 g/mol. The Balaban J connectivity index is 4.06. The lowest BCUT2D eigenvalue weighted by molar-refractivity contribution is -0.122. The summed E-state index contributed by atoms with van der Waals surface area (Å²) in [6.45, 7) is 5.53. The van der Waals surface area contributed by atoms with E-state index in [1.54, 1.807) is 6.92 Å². The van der Waals surface area contributed by atoms with E-state index < -0.39 is 6.04 Å². The highest BCUT2D eigenvalue weighted by Gasteiger charge is 2.15. The van der Waals surface area contributed by atoms with Gasteiger partial charge in [0, 0.05) is 0 Å². The fourth-order valence-electron chi connectivity index (χ4n) is 0.685. The van der Waals surface area contributed by atoms with Crippen LogP contribution in [0.3, 0.4) is 0 Å². The number of nitrogens with two attached hydrogens (primary N) is 1. The van der Waals surface area contributed by atoms with Crippen LogP contribution in [0.2, 0.25) is 0 Å². The van der Waals surface area contributed by atoms with E-state index in [0.29, 0.717) is 0 Å². The fraction of sp³-hybridized carbons (Fsp3) is 0.667. The van der Waals surface area contributed by atoms with Gasteiger partial charge in [0.2, 0.25) is 5.91 Å². The van der Waals surface area contributed by atoms with Crippen molar-refractivity contribution >= 4 is 5.91 Å². The molecule has 0 bridgehead atoms. The summed E-state index contributed by atoms with van der Waals surface area (Å²) in [4.78, 5) is 11.1. The largest absolute Gasteiger partial charge is 0.341 e. The third kappa shape index (κ3) is 3.40. The Hall–Kier alpha value is -1.01. The first-order valence-electron chi connectivity index (χ1n) is 4.01. The van der Waals surface area contributed by atoms with Crippen LogP contribution in [0.25, 0.3) is 0 Å². The number of carbonyl (C=O) groups is 1. The number of terminal acetylenes is 1. The highest BCUT2D eigenvalue weighted by Crippen LogP contribution is 1.99. The predicted molar refractivity (Wildman–Crippen MR) is 49.3 cm³/mol. The first-order valence-corrected chi connectivity index (χ1v) is 4.01. The van der Waals surface area contributed by atoms with Crippen molar-refractivity contribution in [1.29, 1.82) is 0 Å². The third-order valence-electron chi connectivity index (χ3n) is 1.56. The second-order valence-electron chi connectivity index (χ2n) is 3.19. The van der Waals surface area contributed by atoms with Crippen LogP contribution >= 0.6 is 0 Å². The first kappa shape index (κ1) is 11.0. The molecular weight excluding hydrogens is 152 g/mol. The van der Waals surface area contributed by atoms with Crippen LogP contribution in [-0.4, -0.2) is 18.0 Å². The molecule has 0 saturated carbocycles. The maximum Gasteiger partial charge on any atom is 0.237 e. The summed E-state index contributed by atoms with van der Waals surface area (Å²) in [5.74, 6) is 2.53. The summed E-state index contributed by atoms with van der Waals surface area (Å²) in [6, 6.07) is -0.719. The average molecular weight is 168 g/mol. The van der Waals surface area contributed by atoms with Crippen molar-refractivity contribution in [3.05, 3.63) is 0 Å². The van der Waals surface area contributed by atoms with Crippen molar-refractivity contribution in [3.63, 3.8) is 0 Å². The maximum atomic E-state index is 11.1. The van der Waals surface area contributed by atoms with Gasteiger partial charge in [0.15, 0.2) is 0 Å². The SMILES string of the molecule is C#CC(NC(=O)[C@@H](C)N)C(C)C. The molecule has 68 valence electrons. The van der Waals surface area contributed by atoms with Gasteiger partial charge in [0.1, 0.15) is 0 Å². The van der Waals surface area contributed by atoms with E-state index in [-0.39, 0.29) is 17.9 Å². The molecule has 3 nitrogen and oxygen atoms in total. The average Bonchev–Trinajstić information content (AvgIpc) is 1.98. The standard InChI is InChI=1S/C9H16N2O/c1-5-8(6(2)3)11-9(12)7(4)10/h1,6-8H,10H2,2-4H3,(H,11,12)/t7-,8?/m1/s1. The Morgan fingerprint density at radius 1 is 1.50 bits per heavy atom. The Morgan fingerprint density at radius 3 is 2.25 bits per heavy atom. The van der Waals surface area contributed by atoms with Crippen LogP contribution in [0.4, 0.5) is 0 Å². The lowest BCUT2D eigenvalue weighted by atomic mass is 10.1. The summed E-state index contributed by atoms with van der Waals surface area (Å²) >= 11 is 0. The highest BCUT2D eigenvalue weighted by atomic mass is 16.2. The maximum absolute atomic E-state index is 11.1. The molecule has 3 heteroatoms. The van der Waals surface area contributed by atoms with Gasteiger partial charge in [0.25, 0.3) is 0 Å². The summed E-state index contributed by atoms with van der Waals surface area (Å²) in [5.41, 5.74) is 5.36. The molecule has 0 aliphatic carbocycles. The molecule has 2 atom stereocenters. The van der Waals surface area contributed by atoms with Crippen LogP contribution in [-0.2, 0) is 4.79 Å². The zero-order valence-corrected chi connectivity index (χ0v) is 7.79. The van der Waals surface area contributed by atoms with Crippen LogP contribution in [0.5, 0.6) is 0 Å². The second kappa shape index (κ2) is 4.78. The Bertz CT molecular complexity index is 191. The van der Waals surface area contributed by atoms with Gasteiger partial charge in [-0.3, -0.25) is 4.79 Å². The van der Waals surface area contributed by atoms with Gasteiger partial charge in [0.05, 0.1) is 12.1 Å². The molecule has 0 aliphatic heterocycles. The molecule has 1 unspecified atom stereocenters. The fourth-order valence-corrected chi connectivity index (χ4v) is 0.685. The van der Waals surface area contributed by atoms with Gasteiger partial charge in [-0.15, -0.1) is 6.42 Å². The Morgan fingerprint density at radius 2 is 2.00 bits per heavy atom. The predicted octanol–water partition coefficient (Wildman–Crippen LogP) is 0.108. The molecule has 1 amide bonds.